The van der Waals surface area contributed by atoms with Crippen molar-refractivity contribution < 1.29 is 31.6 Å². The predicted octanol–water partition coefficient (Wildman–Crippen LogP) is 2.38. The number of carbonyl (C=O) groups is 1. The zero-order valence-electron chi connectivity index (χ0n) is 19.8. The van der Waals surface area contributed by atoms with Crippen LogP contribution in [0.15, 0.2) is 53.1 Å². The van der Waals surface area contributed by atoms with Crippen molar-refractivity contribution in [3.05, 3.63) is 82.5 Å². The van der Waals surface area contributed by atoms with E-state index >= 15 is 0 Å². The van der Waals surface area contributed by atoms with E-state index in [0.29, 0.717) is 6.54 Å². The van der Waals surface area contributed by atoms with Crippen LogP contribution in [-0.2, 0) is 29.4 Å². The molecule has 0 aliphatic heterocycles. The molecule has 194 valence electrons. The van der Waals surface area contributed by atoms with E-state index in [-0.39, 0.29) is 30.1 Å². The third-order valence-electron chi connectivity index (χ3n) is 5.27. The van der Waals surface area contributed by atoms with Crippen LogP contribution in [0.25, 0.3) is 0 Å². The third-order valence-corrected chi connectivity index (χ3v) is 5.84. The Balaban J connectivity index is 1.71. The highest BCUT2D eigenvalue weighted by atomic mass is 32.2. The minimum Gasteiger partial charge on any atom is -0.390 e. The molecule has 36 heavy (non-hydrogen) atoms. The Morgan fingerprint density at radius 2 is 1.78 bits per heavy atom. The van der Waals surface area contributed by atoms with Gasteiger partial charge in [0.15, 0.2) is 5.69 Å². The summed E-state index contributed by atoms with van der Waals surface area (Å²) in [4.78, 5) is 12.7. The van der Waals surface area contributed by atoms with Crippen LogP contribution in [0.1, 0.15) is 34.1 Å². The van der Waals surface area contributed by atoms with Crippen molar-refractivity contribution in [3.8, 4) is 0 Å². The molecule has 9 nitrogen and oxygen atoms in total. The number of halogens is 2. The number of hydrogen-bond acceptors (Lipinski definition) is 7. The molecule has 0 saturated heterocycles. The molecule has 2 aromatic carbocycles. The Morgan fingerprint density at radius 3 is 2.44 bits per heavy atom. The molecule has 1 aromatic heterocycles. The van der Waals surface area contributed by atoms with Gasteiger partial charge in [-0.2, -0.15) is 0 Å². The summed E-state index contributed by atoms with van der Waals surface area (Å²) in [6.07, 6.45) is 0.569. The number of amides is 1. The zero-order chi connectivity index (χ0) is 26.3. The Bertz CT molecular complexity index is 1280. The standard InChI is InChI=1S/C24H28F2N4O5S/c1-3-15-5-4-6-16(7-15)13-27-14-22(31)20(10-17-8-18(25)11-19(26)9-17)28-24(32)21-12-23(35-29-21)30-36(2,33)34/h4-9,11-12,20,22,27,30-31H,3,10,13-14H2,1-2H3,(H,28,32)/t20-,22+/m0/s1. The van der Waals surface area contributed by atoms with Crippen LogP contribution in [0.5, 0.6) is 0 Å². The molecule has 0 saturated carbocycles. The highest BCUT2D eigenvalue weighted by molar-refractivity contribution is 7.92. The van der Waals surface area contributed by atoms with Gasteiger partial charge in [-0.3, -0.25) is 9.52 Å². The summed E-state index contributed by atoms with van der Waals surface area (Å²) in [5, 5.41) is 20.1. The van der Waals surface area contributed by atoms with Gasteiger partial charge in [-0.15, -0.1) is 0 Å². The lowest BCUT2D eigenvalue weighted by Crippen LogP contribution is -2.48. The van der Waals surface area contributed by atoms with Crippen LogP contribution in [0.3, 0.4) is 0 Å². The van der Waals surface area contributed by atoms with E-state index in [9.17, 15) is 27.1 Å². The smallest absolute Gasteiger partial charge is 0.273 e. The number of aryl methyl sites for hydroxylation is 1. The number of rotatable bonds is 12. The van der Waals surface area contributed by atoms with Gasteiger partial charge in [0, 0.05) is 25.2 Å². The van der Waals surface area contributed by atoms with Crippen molar-refractivity contribution in [2.24, 2.45) is 0 Å². The Kier molecular flexibility index (Phi) is 9.13. The minimum absolute atomic E-state index is 0.0683. The van der Waals surface area contributed by atoms with Crippen molar-refractivity contribution in [1.82, 2.24) is 15.8 Å². The van der Waals surface area contributed by atoms with Crippen molar-refractivity contribution in [3.63, 3.8) is 0 Å². The second kappa shape index (κ2) is 12.1. The van der Waals surface area contributed by atoms with Gasteiger partial charge in [0.1, 0.15) is 11.6 Å². The molecule has 0 fully saturated rings. The fraction of sp³-hybridized carbons (Fsp3) is 0.333. The van der Waals surface area contributed by atoms with Crippen molar-refractivity contribution >= 4 is 21.8 Å². The lowest BCUT2D eigenvalue weighted by molar-refractivity contribution is 0.0821. The quantitative estimate of drug-likeness (QED) is 0.287. The molecule has 4 N–H and O–H groups in total. The van der Waals surface area contributed by atoms with Crippen molar-refractivity contribution in [2.75, 3.05) is 17.5 Å². The number of sulfonamides is 1. The number of aliphatic hydroxyl groups excluding tert-OH is 1. The number of carbonyl (C=O) groups excluding carboxylic acids is 1. The normalized spacial score (nSPS) is 13.2. The lowest BCUT2D eigenvalue weighted by atomic mass is 10.00. The van der Waals surface area contributed by atoms with Gasteiger partial charge in [0.2, 0.25) is 15.9 Å². The van der Waals surface area contributed by atoms with Gasteiger partial charge >= 0.3 is 0 Å². The SMILES string of the molecule is CCc1cccc(CNC[C@@H](O)[C@H](Cc2cc(F)cc(F)c2)NC(=O)c2cc(NS(C)(=O)=O)on2)c1. The molecule has 3 aromatic rings. The van der Waals surface area contributed by atoms with Gasteiger partial charge in [0.25, 0.3) is 5.91 Å². The predicted molar refractivity (Wildman–Crippen MR) is 130 cm³/mol. The van der Waals surface area contributed by atoms with Crippen LogP contribution in [0, 0.1) is 11.6 Å². The second-order valence-corrected chi connectivity index (χ2v) is 10.1. The second-order valence-electron chi connectivity index (χ2n) is 8.38. The lowest BCUT2D eigenvalue weighted by Gasteiger charge is -2.24. The van der Waals surface area contributed by atoms with Crippen LogP contribution in [-0.4, -0.2) is 49.5 Å². The molecule has 2 atom stereocenters. The summed E-state index contributed by atoms with van der Waals surface area (Å²) in [6, 6.07) is 11.0. The van der Waals surface area contributed by atoms with Crippen molar-refractivity contribution in [2.45, 2.75) is 38.5 Å². The minimum atomic E-state index is -3.65. The average Bonchev–Trinajstić information content (AvgIpc) is 3.25. The largest absolute Gasteiger partial charge is 0.390 e. The van der Waals surface area contributed by atoms with Crippen LogP contribution in [0.4, 0.5) is 14.7 Å². The molecular weight excluding hydrogens is 494 g/mol. The molecule has 0 aliphatic rings. The van der Waals surface area contributed by atoms with E-state index in [2.05, 4.69) is 20.5 Å². The molecule has 0 aliphatic carbocycles. The Morgan fingerprint density at radius 1 is 1.08 bits per heavy atom. The van der Waals surface area contributed by atoms with Gasteiger partial charge in [0.05, 0.1) is 18.4 Å². The van der Waals surface area contributed by atoms with Gasteiger partial charge in [-0.1, -0.05) is 36.3 Å². The fourth-order valence-electron chi connectivity index (χ4n) is 3.59. The Labute approximate surface area is 207 Å². The van der Waals surface area contributed by atoms with Gasteiger partial charge in [-0.25, -0.2) is 17.2 Å². The average molecular weight is 523 g/mol. The number of aromatic nitrogens is 1. The maximum atomic E-state index is 13.7. The first kappa shape index (κ1) is 27.2. The number of anilines is 1. The number of nitrogens with zero attached hydrogens (tertiary/aromatic N) is 1. The summed E-state index contributed by atoms with van der Waals surface area (Å²) >= 11 is 0. The first-order valence-corrected chi connectivity index (χ1v) is 13.1. The molecule has 1 heterocycles. The van der Waals surface area contributed by atoms with E-state index in [1.165, 1.54) is 5.56 Å². The highest BCUT2D eigenvalue weighted by Crippen LogP contribution is 2.15. The molecule has 12 heteroatoms. The molecule has 0 radical (unpaired) electrons. The maximum Gasteiger partial charge on any atom is 0.273 e. The Hall–Kier alpha value is -3.35. The van der Waals surface area contributed by atoms with E-state index in [0.717, 1.165) is 42.5 Å². The number of aliphatic hydroxyl groups is 1. The number of nitrogens with one attached hydrogen (secondary N) is 3. The zero-order valence-corrected chi connectivity index (χ0v) is 20.6. The highest BCUT2D eigenvalue weighted by Gasteiger charge is 2.25. The summed E-state index contributed by atoms with van der Waals surface area (Å²) in [6.45, 7) is 2.58. The summed E-state index contributed by atoms with van der Waals surface area (Å²) in [7, 11) is -3.65. The van der Waals surface area contributed by atoms with E-state index in [4.69, 9.17) is 4.52 Å². The topological polar surface area (TPSA) is 134 Å². The fourth-order valence-corrected chi connectivity index (χ4v) is 4.05. The summed E-state index contributed by atoms with van der Waals surface area (Å²) in [5.41, 5.74) is 2.17. The first-order chi connectivity index (χ1) is 17.0. The van der Waals surface area contributed by atoms with E-state index in [1.54, 1.807) is 0 Å². The monoisotopic (exact) mass is 522 g/mol. The van der Waals surface area contributed by atoms with Crippen LogP contribution < -0.4 is 15.4 Å². The maximum absolute atomic E-state index is 13.7. The number of benzene rings is 2. The molecule has 0 bridgehead atoms. The number of hydrogen-bond donors (Lipinski definition) is 4. The van der Waals surface area contributed by atoms with Crippen LogP contribution >= 0.6 is 0 Å². The van der Waals surface area contributed by atoms with Crippen molar-refractivity contribution in [1.29, 1.82) is 0 Å². The molecule has 0 spiro atoms. The molecule has 1 amide bonds. The summed E-state index contributed by atoms with van der Waals surface area (Å²) < 4.78 is 57.0. The van der Waals surface area contributed by atoms with E-state index < -0.39 is 39.7 Å². The molecule has 0 unspecified atom stereocenters. The summed E-state index contributed by atoms with van der Waals surface area (Å²) in [5.74, 6) is -2.60. The van der Waals surface area contributed by atoms with Gasteiger partial charge in [-0.05, 0) is 41.7 Å². The molecule has 3 rings (SSSR count). The first-order valence-electron chi connectivity index (χ1n) is 11.2. The van der Waals surface area contributed by atoms with Crippen LogP contribution in [0.2, 0.25) is 0 Å². The van der Waals surface area contributed by atoms with E-state index in [1.807, 2.05) is 31.2 Å². The van der Waals surface area contributed by atoms with Gasteiger partial charge < -0.3 is 20.3 Å². The third kappa shape index (κ3) is 8.40. The molecular formula is C24H28F2N4O5S.